The van der Waals surface area contributed by atoms with E-state index >= 15 is 0 Å². The van der Waals surface area contributed by atoms with Gasteiger partial charge >= 0.3 is 0 Å². The molecular formula is C25H36N4O2. The Balaban J connectivity index is 1.24. The van der Waals surface area contributed by atoms with Crippen LogP contribution in [0.1, 0.15) is 67.1 Å². The van der Waals surface area contributed by atoms with E-state index in [-0.39, 0.29) is 12.0 Å². The van der Waals surface area contributed by atoms with Crippen LogP contribution >= 0.6 is 0 Å². The number of aryl methyl sites for hydroxylation is 1. The first-order valence-electron chi connectivity index (χ1n) is 11.9. The number of amides is 1. The zero-order chi connectivity index (χ0) is 21.6. The van der Waals surface area contributed by atoms with Gasteiger partial charge in [0, 0.05) is 56.1 Å². The zero-order valence-electron chi connectivity index (χ0n) is 19.1. The molecule has 3 heterocycles. The van der Waals surface area contributed by atoms with E-state index < -0.39 is 0 Å². The molecule has 168 valence electrons. The first-order valence-corrected chi connectivity index (χ1v) is 11.9. The van der Waals surface area contributed by atoms with Gasteiger partial charge < -0.3 is 9.64 Å². The Labute approximate surface area is 186 Å². The van der Waals surface area contributed by atoms with Gasteiger partial charge in [-0.25, -0.2) is 0 Å². The van der Waals surface area contributed by atoms with Crippen molar-refractivity contribution in [3.63, 3.8) is 0 Å². The van der Waals surface area contributed by atoms with Crippen molar-refractivity contribution in [1.82, 2.24) is 19.6 Å². The summed E-state index contributed by atoms with van der Waals surface area (Å²) in [5, 5.41) is 4.53. The first kappa shape index (κ1) is 21.9. The van der Waals surface area contributed by atoms with E-state index in [1.54, 1.807) is 0 Å². The minimum absolute atomic E-state index is 0.150. The maximum Gasteiger partial charge on any atom is 0.253 e. The summed E-state index contributed by atoms with van der Waals surface area (Å²) in [4.78, 5) is 17.1. The maximum atomic E-state index is 12.6. The molecule has 6 heteroatoms. The van der Waals surface area contributed by atoms with Crippen molar-refractivity contribution in [2.45, 2.75) is 71.6 Å². The fraction of sp³-hybridized carbons (Fsp3) is 0.600. The van der Waals surface area contributed by atoms with Crippen LogP contribution in [0.5, 0.6) is 5.75 Å². The fourth-order valence-electron chi connectivity index (χ4n) is 4.65. The molecule has 4 rings (SSSR count). The van der Waals surface area contributed by atoms with Crippen LogP contribution in [-0.2, 0) is 13.1 Å². The SMILES string of the molecule is CCCn1ncc(CN2CCC(Oc3ccc(C(=O)N4CCCCC4)cc3)CC2)c1C. The van der Waals surface area contributed by atoms with Gasteiger partial charge in [0.15, 0.2) is 0 Å². The van der Waals surface area contributed by atoms with Gasteiger partial charge in [0.05, 0.1) is 6.20 Å². The van der Waals surface area contributed by atoms with Crippen LogP contribution in [0.15, 0.2) is 30.5 Å². The van der Waals surface area contributed by atoms with Gasteiger partial charge in [0.1, 0.15) is 11.9 Å². The van der Waals surface area contributed by atoms with Gasteiger partial charge in [-0.1, -0.05) is 6.92 Å². The molecule has 0 saturated carbocycles. The Morgan fingerprint density at radius 1 is 1.06 bits per heavy atom. The lowest BCUT2D eigenvalue weighted by Gasteiger charge is -2.32. The highest BCUT2D eigenvalue weighted by atomic mass is 16.5. The highest BCUT2D eigenvalue weighted by molar-refractivity contribution is 5.94. The molecule has 0 bridgehead atoms. The third-order valence-corrected chi connectivity index (χ3v) is 6.62. The van der Waals surface area contributed by atoms with Crippen LogP contribution in [0, 0.1) is 6.92 Å². The van der Waals surface area contributed by atoms with Gasteiger partial charge in [-0.3, -0.25) is 14.4 Å². The maximum absolute atomic E-state index is 12.6. The largest absolute Gasteiger partial charge is 0.490 e. The van der Waals surface area contributed by atoms with E-state index in [0.717, 1.165) is 82.7 Å². The lowest BCUT2D eigenvalue weighted by Crippen LogP contribution is -2.38. The van der Waals surface area contributed by atoms with Crippen LogP contribution in [0.2, 0.25) is 0 Å². The first-order chi connectivity index (χ1) is 15.1. The van der Waals surface area contributed by atoms with Crippen LogP contribution in [0.3, 0.4) is 0 Å². The summed E-state index contributed by atoms with van der Waals surface area (Å²) in [7, 11) is 0. The molecule has 0 aliphatic carbocycles. The van der Waals surface area contributed by atoms with Crippen molar-refractivity contribution in [3.05, 3.63) is 47.3 Å². The molecule has 0 unspecified atom stereocenters. The lowest BCUT2D eigenvalue weighted by molar-refractivity contribution is 0.0724. The molecule has 0 radical (unpaired) electrons. The Morgan fingerprint density at radius 2 is 1.77 bits per heavy atom. The second kappa shape index (κ2) is 10.3. The number of likely N-dealkylation sites (tertiary alicyclic amines) is 2. The average molecular weight is 425 g/mol. The number of carbonyl (C=O) groups excluding carboxylic acids is 1. The van der Waals surface area contributed by atoms with E-state index in [1.807, 2.05) is 35.4 Å². The molecule has 1 aromatic heterocycles. The van der Waals surface area contributed by atoms with Crippen LogP contribution in [-0.4, -0.2) is 57.8 Å². The number of rotatable bonds is 7. The summed E-state index contributed by atoms with van der Waals surface area (Å²) in [5.74, 6) is 1.02. The number of hydrogen-bond donors (Lipinski definition) is 0. The average Bonchev–Trinajstić information content (AvgIpc) is 3.15. The van der Waals surface area contributed by atoms with Crippen molar-refractivity contribution in [3.8, 4) is 5.75 Å². The minimum atomic E-state index is 0.150. The quantitative estimate of drug-likeness (QED) is 0.666. The Morgan fingerprint density at radius 3 is 2.45 bits per heavy atom. The van der Waals surface area contributed by atoms with Crippen molar-refractivity contribution in [2.75, 3.05) is 26.2 Å². The molecule has 2 aliphatic rings. The third kappa shape index (κ3) is 5.48. The number of carbonyl (C=O) groups is 1. The number of nitrogens with zero attached hydrogens (tertiary/aromatic N) is 4. The molecule has 6 nitrogen and oxygen atoms in total. The third-order valence-electron chi connectivity index (χ3n) is 6.62. The van der Waals surface area contributed by atoms with Crippen LogP contribution in [0.25, 0.3) is 0 Å². The Hall–Kier alpha value is -2.34. The summed E-state index contributed by atoms with van der Waals surface area (Å²) in [6, 6.07) is 7.74. The van der Waals surface area contributed by atoms with Crippen molar-refractivity contribution < 1.29 is 9.53 Å². The summed E-state index contributed by atoms with van der Waals surface area (Å²) in [6.07, 6.45) is 8.89. The molecule has 2 aliphatic heterocycles. The topological polar surface area (TPSA) is 50.6 Å². The number of piperidine rings is 2. The van der Waals surface area contributed by atoms with E-state index in [9.17, 15) is 4.79 Å². The van der Waals surface area contributed by atoms with Gasteiger partial charge in [-0.05, 0) is 69.7 Å². The number of hydrogen-bond acceptors (Lipinski definition) is 4. The Bertz CT molecular complexity index is 847. The molecule has 0 atom stereocenters. The lowest BCUT2D eigenvalue weighted by atomic mass is 10.1. The van der Waals surface area contributed by atoms with E-state index in [1.165, 1.54) is 17.7 Å². The predicted octanol–water partition coefficient (Wildman–Crippen LogP) is 4.27. The molecular weight excluding hydrogens is 388 g/mol. The molecule has 2 saturated heterocycles. The normalized spacial score (nSPS) is 18.3. The number of benzene rings is 1. The van der Waals surface area contributed by atoms with Crippen molar-refractivity contribution in [2.24, 2.45) is 0 Å². The highest BCUT2D eigenvalue weighted by Gasteiger charge is 2.22. The van der Waals surface area contributed by atoms with Crippen molar-refractivity contribution >= 4 is 5.91 Å². The van der Waals surface area contributed by atoms with Gasteiger partial charge in [-0.2, -0.15) is 5.10 Å². The van der Waals surface area contributed by atoms with Crippen LogP contribution in [0.4, 0.5) is 0 Å². The van der Waals surface area contributed by atoms with Crippen LogP contribution < -0.4 is 4.74 Å². The molecule has 31 heavy (non-hydrogen) atoms. The summed E-state index contributed by atoms with van der Waals surface area (Å²) in [6.45, 7) is 10.2. The monoisotopic (exact) mass is 424 g/mol. The van der Waals surface area contributed by atoms with Gasteiger partial charge in [-0.15, -0.1) is 0 Å². The number of ether oxygens (including phenoxy) is 1. The molecule has 1 aromatic carbocycles. The molecule has 1 amide bonds. The smallest absolute Gasteiger partial charge is 0.253 e. The summed E-state index contributed by atoms with van der Waals surface area (Å²) < 4.78 is 8.34. The molecule has 2 aromatic rings. The second-order valence-electron chi connectivity index (χ2n) is 8.95. The summed E-state index contributed by atoms with van der Waals surface area (Å²) >= 11 is 0. The second-order valence-corrected chi connectivity index (χ2v) is 8.95. The summed E-state index contributed by atoms with van der Waals surface area (Å²) in [5.41, 5.74) is 3.39. The van der Waals surface area contributed by atoms with E-state index in [0.29, 0.717) is 0 Å². The fourth-order valence-corrected chi connectivity index (χ4v) is 4.65. The highest BCUT2D eigenvalue weighted by Crippen LogP contribution is 2.22. The molecule has 0 spiro atoms. The van der Waals surface area contributed by atoms with Crippen molar-refractivity contribution in [1.29, 1.82) is 0 Å². The Kier molecular flexibility index (Phi) is 7.28. The standard InChI is InChI=1S/C25H36N4O2/c1-3-13-29-20(2)22(18-26-29)19-27-16-11-24(12-17-27)31-23-9-7-21(8-10-23)25(30)28-14-5-4-6-15-28/h7-10,18,24H,3-6,11-17,19H2,1-2H3. The minimum Gasteiger partial charge on any atom is -0.490 e. The van der Waals surface area contributed by atoms with E-state index in [2.05, 4.69) is 28.5 Å². The molecule has 2 fully saturated rings. The van der Waals surface area contributed by atoms with E-state index in [4.69, 9.17) is 4.74 Å². The van der Waals surface area contributed by atoms with Gasteiger partial charge in [0.25, 0.3) is 5.91 Å². The van der Waals surface area contributed by atoms with Gasteiger partial charge in [0.2, 0.25) is 0 Å². The predicted molar refractivity (Wildman–Crippen MR) is 122 cm³/mol. The number of aromatic nitrogens is 2. The zero-order valence-corrected chi connectivity index (χ0v) is 19.1. The molecule has 0 N–H and O–H groups in total.